The largest absolute Gasteiger partial charge is 0.390 e. The van der Waals surface area contributed by atoms with Gasteiger partial charge < -0.3 is 10.0 Å². The molecule has 1 saturated carbocycles. The van der Waals surface area contributed by atoms with Crippen LogP contribution in [0.1, 0.15) is 39.5 Å². The maximum absolute atomic E-state index is 9.80. The van der Waals surface area contributed by atoms with Gasteiger partial charge in [0.25, 0.3) is 0 Å². The van der Waals surface area contributed by atoms with Gasteiger partial charge in [-0.2, -0.15) is 0 Å². The zero-order valence-corrected chi connectivity index (χ0v) is 8.79. The quantitative estimate of drug-likeness (QED) is 0.719. The third-order valence-electron chi connectivity index (χ3n) is 3.54. The molecule has 1 unspecified atom stereocenters. The molecule has 2 heteroatoms. The zero-order valence-electron chi connectivity index (χ0n) is 8.79. The molecule has 2 rings (SSSR count). The van der Waals surface area contributed by atoms with Crippen LogP contribution in [0.3, 0.4) is 0 Å². The Bertz CT molecular complexity index is 187. The number of hydrogen-bond acceptors (Lipinski definition) is 2. The molecule has 1 aliphatic heterocycles. The van der Waals surface area contributed by atoms with E-state index in [-0.39, 0.29) is 5.60 Å². The number of hydrogen-bond donors (Lipinski definition) is 1. The monoisotopic (exact) mass is 183 g/mol. The van der Waals surface area contributed by atoms with E-state index >= 15 is 0 Å². The molecule has 1 N–H and O–H groups in total. The lowest BCUT2D eigenvalue weighted by Crippen LogP contribution is -2.28. The fourth-order valence-electron chi connectivity index (χ4n) is 2.38. The molecule has 0 aromatic heterocycles. The van der Waals surface area contributed by atoms with Crippen LogP contribution in [0.15, 0.2) is 0 Å². The predicted octanol–water partition coefficient (Wildman–Crippen LogP) is 1.63. The van der Waals surface area contributed by atoms with Crippen molar-refractivity contribution < 1.29 is 5.11 Å². The van der Waals surface area contributed by atoms with Crippen molar-refractivity contribution in [1.82, 2.24) is 4.90 Å². The third kappa shape index (κ3) is 2.23. The first-order valence-electron chi connectivity index (χ1n) is 5.55. The Labute approximate surface area is 80.9 Å². The second-order valence-corrected chi connectivity index (χ2v) is 5.17. The van der Waals surface area contributed by atoms with Gasteiger partial charge in [-0.25, -0.2) is 0 Å². The molecule has 0 amide bonds. The zero-order chi connectivity index (χ0) is 9.47. The van der Waals surface area contributed by atoms with Crippen LogP contribution in [-0.4, -0.2) is 34.7 Å². The topological polar surface area (TPSA) is 23.5 Å². The lowest BCUT2D eigenvalue weighted by molar-refractivity contribution is 0.117. The molecule has 0 aromatic carbocycles. The Morgan fingerprint density at radius 2 is 2.15 bits per heavy atom. The van der Waals surface area contributed by atoms with E-state index in [4.69, 9.17) is 0 Å². The first-order chi connectivity index (χ1) is 6.09. The highest BCUT2D eigenvalue weighted by molar-refractivity contribution is 4.96. The van der Waals surface area contributed by atoms with Crippen molar-refractivity contribution >= 4 is 0 Å². The van der Waals surface area contributed by atoms with Crippen molar-refractivity contribution in [3.05, 3.63) is 0 Å². The first kappa shape index (κ1) is 9.47. The molecule has 0 bridgehead atoms. The van der Waals surface area contributed by atoms with Crippen molar-refractivity contribution in [1.29, 1.82) is 0 Å². The summed E-state index contributed by atoms with van der Waals surface area (Å²) in [6.07, 6.45) is 4.44. The van der Waals surface area contributed by atoms with Gasteiger partial charge in [-0.1, -0.05) is 0 Å². The number of nitrogens with zero attached hydrogens (tertiary/aromatic N) is 1. The van der Waals surface area contributed by atoms with Crippen LogP contribution in [0.5, 0.6) is 0 Å². The number of aliphatic hydroxyl groups is 1. The van der Waals surface area contributed by atoms with Crippen molar-refractivity contribution in [2.24, 2.45) is 5.92 Å². The second kappa shape index (κ2) is 3.25. The molecule has 1 heterocycles. The minimum absolute atomic E-state index is 0.238. The minimum Gasteiger partial charge on any atom is -0.390 e. The van der Waals surface area contributed by atoms with Gasteiger partial charge >= 0.3 is 0 Å². The lowest BCUT2D eigenvalue weighted by Gasteiger charge is -2.20. The number of likely N-dealkylation sites (tertiary alicyclic amines) is 1. The maximum atomic E-state index is 9.80. The smallest absolute Gasteiger partial charge is 0.0653 e. The minimum atomic E-state index is -0.238. The summed E-state index contributed by atoms with van der Waals surface area (Å²) in [6.45, 7) is 6.96. The summed E-state index contributed by atoms with van der Waals surface area (Å²) in [7, 11) is 0. The van der Waals surface area contributed by atoms with Crippen molar-refractivity contribution in [3.63, 3.8) is 0 Å². The summed E-state index contributed by atoms with van der Waals surface area (Å²) in [5.74, 6) is 0.759. The normalized spacial score (nSPS) is 32.8. The van der Waals surface area contributed by atoms with E-state index in [0.717, 1.165) is 25.2 Å². The summed E-state index contributed by atoms with van der Waals surface area (Å²) >= 11 is 0. The Balaban J connectivity index is 1.78. The van der Waals surface area contributed by atoms with Crippen LogP contribution >= 0.6 is 0 Å². The Morgan fingerprint density at radius 3 is 2.62 bits per heavy atom. The van der Waals surface area contributed by atoms with Gasteiger partial charge in [-0.05, 0) is 52.0 Å². The maximum Gasteiger partial charge on any atom is 0.0653 e. The highest BCUT2D eigenvalue weighted by Crippen LogP contribution is 2.42. The van der Waals surface area contributed by atoms with Crippen molar-refractivity contribution in [2.45, 2.75) is 51.2 Å². The molecule has 76 valence electrons. The van der Waals surface area contributed by atoms with Gasteiger partial charge in [0.1, 0.15) is 0 Å². The Kier molecular flexibility index (Phi) is 2.37. The van der Waals surface area contributed by atoms with Gasteiger partial charge in [0.15, 0.2) is 0 Å². The molecule has 0 spiro atoms. The van der Waals surface area contributed by atoms with Crippen LogP contribution < -0.4 is 0 Å². The summed E-state index contributed by atoms with van der Waals surface area (Å²) in [4.78, 5) is 2.52. The van der Waals surface area contributed by atoms with Gasteiger partial charge in [-0.3, -0.25) is 0 Å². The molecule has 13 heavy (non-hydrogen) atoms. The molecule has 0 aromatic rings. The van der Waals surface area contributed by atoms with E-state index in [1.165, 1.54) is 19.5 Å². The van der Waals surface area contributed by atoms with E-state index < -0.39 is 0 Å². The highest BCUT2D eigenvalue weighted by Gasteiger charge is 2.43. The lowest BCUT2D eigenvalue weighted by atomic mass is 9.99. The number of rotatable bonds is 3. The van der Waals surface area contributed by atoms with E-state index in [2.05, 4.69) is 18.7 Å². The molecule has 1 aliphatic carbocycles. The standard InChI is InChI=1S/C11H21NO/c1-9(2)12-6-3-10(8-12)7-11(13)4-5-11/h9-10,13H,3-8H2,1-2H3. The molecule has 2 nitrogen and oxygen atoms in total. The fraction of sp³-hybridized carbons (Fsp3) is 1.00. The van der Waals surface area contributed by atoms with Gasteiger partial charge in [0, 0.05) is 12.6 Å². The average molecular weight is 183 g/mol. The molecule has 1 saturated heterocycles. The molecular formula is C11H21NO. The van der Waals surface area contributed by atoms with Crippen molar-refractivity contribution in [3.8, 4) is 0 Å². The van der Waals surface area contributed by atoms with Crippen LogP contribution in [0.2, 0.25) is 0 Å². The molecule has 1 atom stereocenters. The first-order valence-corrected chi connectivity index (χ1v) is 5.55. The van der Waals surface area contributed by atoms with Crippen LogP contribution in [-0.2, 0) is 0 Å². The van der Waals surface area contributed by atoms with Crippen molar-refractivity contribution in [2.75, 3.05) is 13.1 Å². The molecule has 2 aliphatic rings. The van der Waals surface area contributed by atoms with Gasteiger partial charge in [-0.15, -0.1) is 0 Å². The Hall–Kier alpha value is -0.0800. The third-order valence-corrected chi connectivity index (χ3v) is 3.54. The van der Waals surface area contributed by atoms with Crippen LogP contribution in [0.4, 0.5) is 0 Å². The van der Waals surface area contributed by atoms with E-state index in [0.29, 0.717) is 6.04 Å². The Morgan fingerprint density at radius 1 is 1.46 bits per heavy atom. The van der Waals surface area contributed by atoms with Crippen LogP contribution in [0, 0.1) is 5.92 Å². The predicted molar refractivity (Wildman–Crippen MR) is 53.6 cm³/mol. The van der Waals surface area contributed by atoms with Gasteiger partial charge in [0.2, 0.25) is 0 Å². The molecule has 2 fully saturated rings. The summed E-state index contributed by atoms with van der Waals surface area (Å²) in [5.41, 5.74) is -0.238. The SMILES string of the molecule is CC(C)N1CCC(CC2(O)CC2)C1. The molecular weight excluding hydrogens is 162 g/mol. The fourth-order valence-corrected chi connectivity index (χ4v) is 2.38. The molecule has 0 radical (unpaired) electrons. The van der Waals surface area contributed by atoms with E-state index in [1.54, 1.807) is 0 Å². The summed E-state index contributed by atoms with van der Waals surface area (Å²) in [5, 5.41) is 9.80. The highest BCUT2D eigenvalue weighted by atomic mass is 16.3. The summed E-state index contributed by atoms with van der Waals surface area (Å²) in [6, 6.07) is 0.679. The van der Waals surface area contributed by atoms with Crippen LogP contribution in [0.25, 0.3) is 0 Å². The second-order valence-electron chi connectivity index (χ2n) is 5.17. The van der Waals surface area contributed by atoms with Gasteiger partial charge in [0.05, 0.1) is 5.60 Å². The van der Waals surface area contributed by atoms with E-state index in [1.807, 2.05) is 0 Å². The summed E-state index contributed by atoms with van der Waals surface area (Å²) < 4.78 is 0. The van der Waals surface area contributed by atoms with E-state index in [9.17, 15) is 5.11 Å². The average Bonchev–Trinajstić information content (AvgIpc) is 2.62.